The first kappa shape index (κ1) is 15.4. The Morgan fingerprint density at radius 1 is 1.19 bits per heavy atom. The largest absolute Gasteiger partial charge is 0.388 e. The fourth-order valence-corrected chi connectivity index (χ4v) is 1.19. The Morgan fingerprint density at radius 3 is 2.19 bits per heavy atom. The molecule has 3 heteroatoms. The van der Waals surface area contributed by atoms with Crippen LogP contribution in [0.1, 0.15) is 47.0 Å². The molecule has 0 fully saturated rings. The normalized spacial score (nSPS) is 14.8. The molecule has 16 heavy (non-hydrogen) atoms. The van der Waals surface area contributed by atoms with Crippen molar-refractivity contribution in [3.63, 3.8) is 0 Å². The van der Waals surface area contributed by atoms with Gasteiger partial charge in [0.2, 0.25) is 0 Å². The number of aliphatic hydroxyl groups excluding tert-OH is 1. The van der Waals surface area contributed by atoms with E-state index in [1.165, 1.54) is 12.5 Å². The van der Waals surface area contributed by atoms with E-state index in [9.17, 15) is 10.2 Å². The highest BCUT2D eigenvalue weighted by atomic mass is 16.5. The molecule has 0 heterocycles. The lowest BCUT2D eigenvalue weighted by atomic mass is 10.0. The van der Waals surface area contributed by atoms with Crippen molar-refractivity contribution in [1.82, 2.24) is 0 Å². The van der Waals surface area contributed by atoms with Crippen LogP contribution < -0.4 is 0 Å². The Hall–Kier alpha value is -0.640. The molecule has 0 saturated carbocycles. The lowest BCUT2D eigenvalue weighted by Gasteiger charge is -2.23. The molecule has 0 saturated heterocycles. The van der Waals surface area contributed by atoms with Crippen molar-refractivity contribution in [3.8, 4) is 0 Å². The molecule has 0 aliphatic carbocycles. The third-order valence-electron chi connectivity index (χ3n) is 2.51. The molecule has 1 atom stereocenters. The van der Waals surface area contributed by atoms with E-state index in [2.05, 4.69) is 19.9 Å². The van der Waals surface area contributed by atoms with E-state index in [1.54, 1.807) is 6.08 Å². The molecule has 94 valence electrons. The maximum Gasteiger partial charge on any atom is 0.192 e. The fraction of sp³-hybridized carbons (Fsp3) is 0.692. The van der Waals surface area contributed by atoms with Crippen molar-refractivity contribution < 1.29 is 15.3 Å². The van der Waals surface area contributed by atoms with Gasteiger partial charge < -0.3 is 15.3 Å². The molecule has 0 bridgehead atoms. The van der Waals surface area contributed by atoms with Crippen LogP contribution in [-0.4, -0.2) is 27.2 Å². The summed E-state index contributed by atoms with van der Waals surface area (Å²) in [7, 11) is 0. The van der Waals surface area contributed by atoms with Crippen molar-refractivity contribution in [3.05, 3.63) is 23.3 Å². The van der Waals surface area contributed by atoms with Crippen LogP contribution in [0.4, 0.5) is 0 Å². The van der Waals surface area contributed by atoms with Gasteiger partial charge in [-0.2, -0.15) is 0 Å². The Morgan fingerprint density at radius 2 is 1.75 bits per heavy atom. The first-order chi connectivity index (χ1) is 7.25. The molecule has 1 unspecified atom stereocenters. The summed E-state index contributed by atoms with van der Waals surface area (Å²) >= 11 is 0. The SMILES string of the molecule is CC(C)=CCC/C(C)=C\CC(O)(O)C(C)O. The van der Waals surface area contributed by atoms with Crippen LogP contribution in [0.15, 0.2) is 23.3 Å². The summed E-state index contributed by atoms with van der Waals surface area (Å²) in [4.78, 5) is 0. The van der Waals surface area contributed by atoms with Crippen LogP contribution in [0.25, 0.3) is 0 Å². The number of aliphatic hydroxyl groups is 3. The summed E-state index contributed by atoms with van der Waals surface area (Å²) in [6, 6.07) is 0. The van der Waals surface area contributed by atoms with Crippen LogP contribution in [0.2, 0.25) is 0 Å². The molecule has 0 spiro atoms. The molecule has 0 aliphatic rings. The fourth-order valence-electron chi connectivity index (χ4n) is 1.19. The van der Waals surface area contributed by atoms with Gasteiger partial charge in [0, 0.05) is 6.42 Å². The van der Waals surface area contributed by atoms with Gasteiger partial charge in [-0.25, -0.2) is 0 Å². The highest BCUT2D eigenvalue weighted by Crippen LogP contribution is 2.15. The van der Waals surface area contributed by atoms with Crippen molar-refractivity contribution in [1.29, 1.82) is 0 Å². The predicted molar refractivity (Wildman–Crippen MR) is 65.9 cm³/mol. The zero-order valence-corrected chi connectivity index (χ0v) is 10.7. The van der Waals surface area contributed by atoms with Crippen LogP contribution in [0.5, 0.6) is 0 Å². The van der Waals surface area contributed by atoms with E-state index in [-0.39, 0.29) is 6.42 Å². The van der Waals surface area contributed by atoms with Gasteiger partial charge in [-0.15, -0.1) is 0 Å². The molecule has 3 N–H and O–H groups in total. The Kier molecular flexibility index (Phi) is 6.56. The molecule has 0 aliphatic heterocycles. The Balaban J connectivity index is 4.10. The van der Waals surface area contributed by atoms with E-state index in [4.69, 9.17) is 5.11 Å². The lowest BCUT2D eigenvalue weighted by molar-refractivity contribution is -0.216. The predicted octanol–water partition coefficient (Wildman–Crippen LogP) is 2.13. The van der Waals surface area contributed by atoms with Gasteiger partial charge in [-0.3, -0.25) is 0 Å². The maximum absolute atomic E-state index is 9.40. The minimum atomic E-state index is -2.02. The van der Waals surface area contributed by atoms with Crippen LogP contribution in [0.3, 0.4) is 0 Å². The lowest BCUT2D eigenvalue weighted by Crippen LogP contribution is -2.39. The maximum atomic E-state index is 9.40. The average Bonchev–Trinajstić information content (AvgIpc) is 2.14. The second-order valence-corrected chi connectivity index (χ2v) is 4.63. The van der Waals surface area contributed by atoms with Gasteiger partial charge in [0.05, 0.1) is 0 Å². The van der Waals surface area contributed by atoms with Gasteiger partial charge in [0.1, 0.15) is 6.10 Å². The van der Waals surface area contributed by atoms with Crippen molar-refractivity contribution in [2.24, 2.45) is 0 Å². The quantitative estimate of drug-likeness (QED) is 0.482. The minimum absolute atomic E-state index is 0.0608. The zero-order chi connectivity index (χ0) is 12.8. The van der Waals surface area contributed by atoms with E-state index in [0.717, 1.165) is 18.4 Å². The third-order valence-corrected chi connectivity index (χ3v) is 2.51. The summed E-state index contributed by atoms with van der Waals surface area (Å²) < 4.78 is 0. The highest BCUT2D eigenvalue weighted by Gasteiger charge is 2.27. The number of hydrogen-bond acceptors (Lipinski definition) is 3. The standard InChI is InChI=1S/C13H24O3/c1-10(2)6-5-7-11(3)8-9-13(15,16)12(4)14/h6,8,12,14-16H,5,7,9H2,1-4H3/b11-8-. The summed E-state index contributed by atoms with van der Waals surface area (Å²) in [5.41, 5.74) is 2.39. The van der Waals surface area contributed by atoms with Crippen molar-refractivity contribution >= 4 is 0 Å². The summed E-state index contributed by atoms with van der Waals surface area (Å²) in [6.07, 6.45) is 4.70. The average molecular weight is 228 g/mol. The van der Waals surface area contributed by atoms with Crippen LogP contribution in [-0.2, 0) is 0 Å². The number of rotatable bonds is 6. The molecule has 3 nitrogen and oxygen atoms in total. The van der Waals surface area contributed by atoms with Gasteiger partial charge in [-0.1, -0.05) is 23.3 Å². The topological polar surface area (TPSA) is 60.7 Å². The first-order valence-electron chi connectivity index (χ1n) is 5.67. The molecular formula is C13H24O3. The monoisotopic (exact) mass is 228 g/mol. The van der Waals surface area contributed by atoms with E-state index < -0.39 is 11.9 Å². The van der Waals surface area contributed by atoms with Crippen molar-refractivity contribution in [2.45, 2.75) is 58.8 Å². The summed E-state index contributed by atoms with van der Waals surface area (Å²) in [5, 5.41) is 27.9. The molecule has 0 aromatic heterocycles. The van der Waals surface area contributed by atoms with E-state index in [1.807, 2.05) is 6.92 Å². The van der Waals surface area contributed by atoms with Crippen LogP contribution >= 0.6 is 0 Å². The van der Waals surface area contributed by atoms with E-state index in [0.29, 0.717) is 0 Å². The van der Waals surface area contributed by atoms with Gasteiger partial charge in [0.15, 0.2) is 5.79 Å². The highest BCUT2D eigenvalue weighted by molar-refractivity contribution is 5.03. The van der Waals surface area contributed by atoms with Crippen LogP contribution in [0, 0.1) is 0 Å². The third kappa shape index (κ3) is 6.77. The van der Waals surface area contributed by atoms with Gasteiger partial charge >= 0.3 is 0 Å². The number of hydrogen-bond donors (Lipinski definition) is 3. The summed E-state index contributed by atoms with van der Waals surface area (Å²) in [6.45, 7) is 7.43. The smallest absolute Gasteiger partial charge is 0.192 e. The van der Waals surface area contributed by atoms with Crippen molar-refractivity contribution in [2.75, 3.05) is 0 Å². The van der Waals surface area contributed by atoms with E-state index >= 15 is 0 Å². The zero-order valence-electron chi connectivity index (χ0n) is 10.7. The molecule has 0 aromatic rings. The Labute approximate surface area is 98.1 Å². The molecule has 0 rings (SSSR count). The van der Waals surface area contributed by atoms with Gasteiger partial charge in [-0.05, 0) is 40.5 Å². The second-order valence-electron chi connectivity index (χ2n) is 4.63. The molecule has 0 aromatic carbocycles. The molecular weight excluding hydrogens is 204 g/mol. The van der Waals surface area contributed by atoms with Gasteiger partial charge in [0.25, 0.3) is 0 Å². The number of allylic oxidation sites excluding steroid dienone is 3. The summed E-state index contributed by atoms with van der Waals surface area (Å²) in [5.74, 6) is -2.02. The molecule has 0 radical (unpaired) electrons. The first-order valence-corrected chi connectivity index (χ1v) is 5.67. The minimum Gasteiger partial charge on any atom is -0.388 e. The molecule has 0 amide bonds. The Bertz CT molecular complexity index is 258. The second kappa shape index (κ2) is 6.84.